The minimum Gasteiger partial charge on any atom is -0.478 e. The van der Waals surface area contributed by atoms with Crippen LogP contribution in [0.25, 0.3) is 0 Å². The van der Waals surface area contributed by atoms with Gasteiger partial charge >= 0.3 is 5.97 Å². The fourth-order valence-electron chi connectivity index (χ4n) is 2.13. The smallest absolute Gasteiger partial charge is 0.335 e. The lowest BCUT2D eigenvalue weighted by molar-refractivity contribution is -0.121. The molecule has 0 aliphatic heterocycles. The lowest BCUT2D eigenvalue weighted by Crippen LogP contribution is -2.34. The highest BCUT2D eigenvalue weighted by atomic mass is 16.4. The number of benzene rings is 1. The average Bonchev–Trinajstić information content (AvgIpc) is 2.34. The maximum Gasteiger partial charge on any atom is 0.335 e. The molecule has 1 aromatic carbocycles. The normalized spacial score (nSPS) is 12.8. The van der Waals surface area contributed by atoms with E-state index in [9.17, 15) is 9.59 Å². The summed E-state index contributed by atoms with van der Waals surface area (Å²) in [4.78, 5) is 22.5. The van der Waals surface area contributed by atoms with E-state index in [4.69, 9.17) is 10.8 Å². The number of hydrogen-bond acceptors (Lipinski definition) is 3. The standard InChI is InChI=1S/C16H24N2O3/c1-16(2,3)9-13(17)8-14(19)18-10-11-4-6-12(7-5-11)15(20)21/h4-7,13H,8-10,17H2,1-3H3,(H,18,19)(H,20,21). The lowest BCUT2D eigenvalue weighted by Gasteiger charge is -2.22. The van der Waals surface area contributed by atoms with Gasteiger partial charge in [0.15, 0.2) is 0 Å². The SMILES string of the molecule is CC(C)(C)CC(N)CC(=O)NCc1ccc(C(=O)O)cc1. The Labute approximate surface area is 125 Å². The van der Waals surface area contributed by atoms with Crippen LogP contribution in [0.5, 0.6) is 0 Å². The first kappa shape index (κ1) is 17.2. The van der Waals surface area contributed by atoms with E-state index in [2.05, 4.69) is 26.1 Å². The van der Waals surface area contributed by atoms with Crippen LogP contribution in [0.1, 0.15) is 49.5 Å². The number of aromatic carboxylic acids is 1. The van der Waals surface area contributed by atoms with Gasteiger partial charge in [0, 0.05) is 19.0 Å². The average molecular weight is 292 g/mol. The maximum atomic E-state index is 11.8. The second-order valence-corrected chi connectivity index (χ2v) is 6.51. The van der Waals surface area contributed by atoms with Crippen molar-refractivity contribution in [3.05, 3.63) is 35.4 Å². The number of carbonyl (C=O) groups excluding carboxylic acids is 1. The van der Waals surface area contributed by atoms with E-state index >= 15 is 0 Å². The van der Waals surface area contributed by atoms with E-state index in [1.165, 1.54) is 12.1 Å². The summed E-state index contributed by atoms with van der Waals surface area (Å²) < 4.78 is 0. The summed E-state index contributed by atoms with van der Waals surface area (Å²) in [6, 6.07) is 6.28. The van der Waals surface area contributed by atoms with Crippen LogP contribution in [0.15, 0.2) is 24.3 Å². The number of hydrogen-bond donors (Lipinski definition) is 3. The second-order valence-electron chi connectivity index (χ2n) is 6.51. The highest BCUT2D eigenvalue weighted by Gasteiger charge is 2.17. The van der Waals surface area contributed by atoms with Gasteiger partial charge in [0.05, 0.1) is 5.56 Å². The van der Waals surface area contributed by atoms with Gasteiger partial charge < -0.3 is 16.2 Å². The van der Waals surface area contributed by atoms with E-state index in [1.54, 1.807) is 12.1 Å². The van der Waals surface area contributed by atoms with Gasteiger partial charge in [0.1, 0.15) is 0 Å². The van der Waals surface area contributed by atoms with Gasteiger partial charge in [-0.1, -0.05) is 32.9 Å². The molecule has 0 fully saturated rings. The minimum absolute atomic E-state index is 0.0888. The van der Waals surface area contributed by atoms with Crippen molar-refractivity contribution in [3.8, 4) is 0 Å². The Kier molecular flexibility index (Phi) is 5.90. The molecule has 0 aliphatic rings. The van der Waals surface area contributed by atoms with Crippen molar-refractivity contribution in [1.82, 2.24) is 5.32 Å². The molecule has 0 aromatic heterocycles. The Hall–Kier alpha value is -1.88. The molecule has 1 aromatic rings. The number of amides is 1. The van der Waals surface area contributed by atoms with E-state index in [1.807, 2.05) is 0 Å². The molecule has 0 spiro atoms. The molecule has 4 N–H and O–H groups in total. The first-order chi connectivity index (χ1) is 9.67. The van der Waals surface area contributed by atoms with Crippen LogP contribution >= 0.6 is 0 Å². The molecular weight excluding hydrogens is 268 g/mol. The number of rotatable bonds is 6. The molecule has 0 saturated carbocycles. The predicted octanol–water partition coefficient (Wildman–Crippen LogP) is 2.15. The van der Waals surface area contributed by atoms with Crippen molar-refractivity contribution >= 4 is 11.9 Å². The third-order valence-electron chi connectivity index (χ3n) is 3.01. The summed E-state index contributed by atoms with van der Waals surface area (Å²) in [7, 11) is 0. The van der Waals surface area contributed by atoms with Crippen LogP contribution in [-0.2, 0) is 11.3 Å². The molecule has 5 heteroatoms. The zero-order valence-electron chi connectivity index (χ0n) is 12.8. The molecule has 0 bridgehead atoms. The molecule has 0 heterocycles. The fraction of sp³-hybridized carbons (Fsp3) is 0.500. The summed E-state index contributed by atoms with van der Waals surface area (Å²) in [5.74, 6) is -1.05. The Bertz CT molecular complexity index is 489. The minimum atomic E-state index is -0.960. The van der Waals surface area contributed by atoms with Crippen LogP contribution in [0, 0.1) is 5.41 Å². The summed E-state index contributed by atoms with van der Waals surface area (Å²) in [6.45, 7) is 6.65. The molecule has 116 valence electrons. The molecule has 21 heavy (non-hydrogen) atoms. The van der Waals surface area contributed by atoms with E-state index in [0.717, 1.165) is 12.0 Å². The number of carbonyl (C=O) groups is 2. The van der Waals surface area contributed by atoms with Gasteiger partial charge in [-0.15, -0.1) is 0 Å². The van der Waals surface area contributed by atoms with Gasteiger partial charge in [-0.05, 0) is 29.5 Å². The molecular formula is C16H24N2O3. The molecule has 1 atom stereocenters. The molecule has 1 unspecified atom stereocenters. The van der Waals surface area contributed by atoms with Crippen LogP contribution in [0.3, 0.4) is 0 Å². The highest BCUT2D eigenvalue weighted by molar-refractivity contribution is 5.87. The van der Waals surface area contributed by atoms with Gasteiger partial charge in [0.25, 0.3) is 0 Å². The zero-order valence-corrected chi connectivity index (χ0v) is 12.8. The second kappa shape index (κ2) is 7.22. The number of carboxylic acids is 1. The Balaban J connectivity index is 2.41. The summed E-state index contributed by atoms with van der Waals surface area (Å²) in [6.07, 6.45) is 1.08. The summed E-state index contributed by atoms with van der Waals surface area (Å²) in [5.41, 5.74) is 7.15. The highest BCUT2D eigenvalue weighted by Crippen LogP contribution is 2.20. The van der Waals surface area contributed by atoms with Crippen molar-refractivity contribution in [2.75, 3.05) is 0 Å². The Morgan fingerprint density at radius 3 is 2.29 bits per heavy atom. The molecule has 1 rings (SSSR count). The number of carboxylic acid groups (broad SMARTS) is 1. The van der Waals surface area contributed by atoms with Crippen LogP contribution in [0.4, 0.5) is 0 Å². The van der Waals surface area contributed by atoms with Crippen LogP contribution < -0.4 is 11.1 Å². The Morgan fingerprint density at radius 1 is 1.24 bits per heavy atom. The molecule has 5 nitrogen and oxygen atoms in total. The number of nitrogens with one attached hydrogen (secondary N) is 1. The summed E-state index contributed by atoms with van der Waals surface area (Å²) >= 11 is 0. The molecule has 0 saturated heterocycles. The predicted molar refractivity (Wildman–Crippen MR) is 81.9 cm³/mol. The van der Waals surface area contributed by atoms with E-state index in [-0.39, 0.29) is 22.9 Å². The summed E-state index contributed by atoms with van der Waals surface area (Å²) in [5, 5.41) is 11.6. The quantitative estimate of drug-likeness (QED) is 0.749. The van der Waals surface area contributed by atoms with Gasteiger partial charge in [0.2, 0.25) is 5.91 Å². The number of nitrogens with two attached hydrogens (primary N) is 1. The monoisotopic (exact) mass is 292 g/mol. The van der Waals surface area contributed by atoms with Crippen molar-refractivity contribution < 1.29 is 14.7 Å². The largest absolute Gasteiger partial charge is 0.478 e. The van der Waals surface area contributed by atoms with Gasteiger partial charge in [-0.2, -0.15) is 0 Å². The molecule has 1 amide bonds. The molecule has 0 aliphatic carbocycles. The van der Waals surface area contributed by atoms with Crippen molar-refractivity contribution in [1.29, 1.82) is 0 Å². The third-order valence-corrected chi connectivity index (χ3v) is 3.01. The van der Waals surface area contributed by atoms with Crippen molar-refractivity contribution in [2.45, 2.75) is 46.2 Å². The van der Waals surface area contributed by atoms with E-state index in [0.29, 0.717) is 13.0 Å². The lowest BCUT2D eigenvalue weighted by atomic mass is 9.87. The van der Waals surface area contributed by atoms with Crippen molar-refractivity contribution in [2.24, 2.45) is 11.1 Å². The molecule has 0 radical (unpaired) electrons. The van der Waals surface area contributed by atoms with Crippen LogP contribution in [-0.4, -0.2) is 23.0 Å². The Morgan fingerprint density at radius 2 is 1.81 bits per heavy atom. The van der Waals surface area contributed by atoms with Crippen LogP contribution in [0.2, 0.25) is 0 Å². The first-order valence-corrected chi connectivity index (χ1v) is 7.02. The van der Waals surface area contributed by atoms with E-state index < -0.39 is 5.97 Å². The topological polar surface area (TPSA) is 92.4 Å². The fourth-order valence-corrected chi connectivity index (χ4v) is 2.13. The van der Waals surface area contributed by atoms with Gasteiger partial charge in [-0.3, -0.25) is 4.79 Å². The van der Waals surface area contributed by atoms with Gasteiger partial charge in [-0.25, -0.2) is 4.79 Å². The first-order valence-electron chi connectivity index (χ1n) is 7.02. The maximum absolute atomic E-state index is 11.8. The zero-order chi connectivity index (χ0) is 16.0. The van der Waals surface area contributed by atoms with Crippen molar-refractivity contribution in [3.63, 3.8) is 0 Å². The third kappa shape index (κ3) is 6.90.